The van der Waals surface area contributed by atoms with E-state index < -0.39 is 0 Å². The molecule has 0 bridgehead atoms. The summed E-state index contributed by atoms with van der Waals surface area (Å²) in [5.74, 6) is -0.267. The second-order valence-electron chi connectivity index (χ2n) is 2.17. The molecule has 2 fully saturated rings. The van der Waals surface area contributed by atoms with Gasteiger partial charge in [-0.25, -0.2) is 0 Å². The summed E-state index contributed by atoms with van der Waals surface area (Å²) in [6.45, 7) is 0.156. The SMILES string of the molecule is O=C1CN2C(=O)C[C@H]2O1. The van der Waals surface area contributed by atoms with Crippen LogP contribution in [-0.2, 0) is 14.3 Å². The average molecular weight is 127 g/mol. The molecule has 48 valence electrons. The Balaban J connectivity index is 2.16. The van der Waals surface area contributed by atoms with Gasteiger partial charge in [0.2, 0.25) is 5.91 Å². The predicted molar refractivity (Wildman–Crippen MR) is 26.2 cm³/mol. The Kier molecular flexibility index (Phi) is 0.670. The monoisotopic (exact) mass is 127 g/mol. The number of ether oxygens (including phenoxy) is 1. The quantitative estimate of drug-likeness (QED) is 0.313. The number of rotatable bonds is 0. The van der Waals surface area contributed by atoms with Gasteiger partial charge in [-0.3, -0.25) is 14.5 Å². The fraction of sp³-hybridized carbons (Fsp3) is 0.600. The first-order chi connectivity index (χ1) is 4.27. The van der Waals surface area contributed by atoms with E-state index in [1.807, 2.05) is 0 Å². The molecule has 1 atom stereocenters. The van der Waals surface area contributed by atoms with Gasteiger partial charge in [-0.1, -0.05) is 0 Å². The van der Waals surface area contributed by atoms with E-state index in [9.17, 15) is 9.59 Å². The van der Waals surface area contributed by atoms with E-state index >= 15 is 0 Å². The molecule has 2 aliphatic rings. The van der Waals surface area contributed by atoms with Gasteiger partial charge in [-0.15, -0.1) is 0 Å². The van der Waals surface area contributed by atoms with Crippen LogP contribution in [-0.4, -0.2) is 29.5 Å². The van der Waals surface area contributed by atoms with Gasteiger partial charge >= 0.3 is 5.97 Å². The first kappa shape index (κ1) is 4.78. The Labute approximate surface area is 51.4 Å². The van der Waals surface area contributed by atoms with Crippen LogP contribution < -0.4 is 0 Å². The summed E-state index contributed by atoms with van der Waals surface area (Å²) < 4.78 is 4.70. The summed E-state index contributed by atoms with van der Waals surface area (Å²) in [5.41, 5.74) is 0. The van der Waals surface area contributed by atoms with Crippen molar-refractivity contribution in [2.24, 2.45) is 0 Å². The molecule has 4 heteroatoms. The van der Waals surface area contributed by atoms with Crippen molar-refractivity contribution in [3.63, 3.8) is 0 Å². The first-order valence-electron chi connectivity index (χ1n) is 2.76. The van der Waals surface area contributed by atoms with E-state index in [0.717, 1.165) is 0 Å². The molecule has 2 saturated heterocycles. The van der Waals surface area contributed by atoms with Crippen molar-refractivity contribution in [1.82, 2.24) is 4.90 Å². The lowest BCUT2D eigenvalue weighted by atomic mass is 10.2. The van der Waals surface area contributed by atoms with E-state index in [1.54, 1.807) is 0 Å². The molecule has 0 aromatic rings. The molecule has 0 aromatic carbocycles. The van der Waals surface area contributed by atoms with Crippen molar-refractivity contribution < 1.29 is 14.3 Å². The van der Waals surface area contributed by atoms with Gasteiger partial charge in [-0.05, 0) is 0 Å². The van der Waals surface area contributed by atoms with Crippen molar-refractivity contribution in [2.75, 3.05) is 6.54 Å². The van der Waals surface area contributed by atoms with Gasteiger partial charge in [-0.2, -0.15) is 0 Å². The van der Waals surface area contributed by atoms with Crippen molar-refractivity contribution in [3.05, 3.63) is 0 Å². The summed E-state index contributed by atoms with van der Waals surface area (Å²) in [5, 5.41) is 0. The number of hydrogen-bond donors (Lipinski definition) is 0. The first-order valence-corrected chi connectivity index (χ1v) is 2.76. The summed E-state index contributed by atoms with van der Waals surface area (Å²) >= 11 is 0. The number of β-lactam (4-membered cyclic amide) rings is 1. The lowest BCUT2D eigenvalue weighted by molar-refractivity contribution is -0.159. The molecule has 0 unspecified atom stereocenters. The molecule has 0 radical (unpaired) electrons. The Hall–Kier alpha value is -1.06. The van der Waals surface area contributed by atoms with Crippen LogP contribution in [0.3, 0.4) is 0 Å². The van der Waals surface area contributed by atoms with Crippen LogP contribution in [0, 0.1) is 0 Å². The number of fused-ring (bicyclic) bond motifs is 1. The fourth-order valence-electron chi connectivity index (χ4n) is 1.05. The predicted octanol–water partition coefficient (Wildman–Crippen LogP) is -0.898. The highest BCUT2D eigenvalue weighted by molar-refractivity contribution is 5.90. The van der Waals surface area contributed by atoms with Gasteiger partial charge in [0.1, 0.15) is 6.54 Å². The molecule has 2 rings (SSSR count). The molecular formula is C5H5NO3. The largest absolute Gasteiger partial charge is 0.440 e. The highest BCUT2D eigenvalue weighted by Gasteiger charge is 2.45. The molecule has 9 heavy (non-hydrogen) atoms. The molecule has 0 N–H and O–H groups in total. The highest BCUT2D eigenvalue weighted by atomic mass is 16.6. The topological polar surface area (TPSA) is 46.6 Å². The zero-order chi connectivity index (χ0) is 6.43. The molecule has 0 aliphatic carbocycles. The van der Waals surface area contributed by atoms with Crippen molar-refractivity contribution in [2.45, 2.75) is 12.6 Å². The molecule has 4 nitrogen and oxygen atoms in total. The third-order valence-electron chi connectivity index (χ3n) is 1.58. The fourth-order valence-corrected chi connectivity index (χ4v) is 1.05. The maximum Gasteiger partial charge on any atom is 0.327 e. The summed E-state index contributed by atoms with van der Waals surface area (Å²) in [6, 6.07) is 0. The molecule has 2 aliphatic heterocycles. The van der Waals surface area contributed by atoms with Crippen molar-refractivity contribution >= 4 is 11.9 Å². The third-order valence-corrected chi connectivity index (χ3v) is 1.58. The van der Waals surface area contributed by atoms with Gasteiger partial charge in [0.15, 0.2) is 6.23 Å². The lowest BCUT2D eigenvalue weighted by Gasteiger charge is -2.30. The maximum atomic E-state index is 10.6. The van der Waals surface area contributed by atoms with E-state index in [0.29, 0.717) is 6.42 Å². The Bertz CT molecular complexity index is 187. The Morgan fingerprint density at radius 2 is 2.33 bits per heavy atom. The molecule has 0 spiro atoms. The minimum absolute atomic E-state index is 0.0193. The number of carbonyl (C=O) groups is 2. The maximum absolute atomic E-state index is 10.6. The third kappa shape index (κ3) is 0.472. The van der Waals surface area contributed by atoms with Crippen LogP contribution >= 0.6 is 0 Å². The number of amides is 1. The molecule has 1 amide bonds. The average Bonchev–Trinajstić information content (AvgIpc) is 2.08. The van der Waals surface area contributed by atoms with E-state index in [-0.39, 0.29) is 24.6 Å². The Morgan fingerprint density at radius 3 is 2.78 bits per heavy atom. The van der Waals surface area contributed by atoms with Gasteiger partial charge in [0.05, 0.1) is 6.42 Å². The van der Waals surface area contributed by atoms with Gasteiger partial charge in [0, 0.05) is 0 Å². The van der Waals surface area contributed by atoms with Crippen LogP contribution in [0.1, 0.15) is 6.42 Å². The zero-order valence-electron chi connectivity index (χ0n) is 4.66. The standard InChI is InChI=1S/C5H5NO3/c7-3-1-4-6(3)2-5(8)9-4/h4H,1-2H2/t4-/m1/s1. The zero-order valence-corrected chi connectivity index (χ0v) is 4.66. The van der Waals surface area contributed by atoms with Crippen LogP contribution in [0.25, 0.3) is 0 Å². The normalized spacial score (nSPS) is 31.6. The molecule has 2 heterocycles. The minimum atomic E-state index is -0.286. The van der Waals surface area contributed by atoms with Crippen LogP contribution in [0.15, 0.2) is 0 Å². The minimum Gasteiger partial charge on any atom is -0.440 e. The van der Waals surface area contributed by atoms with Crippen LogP contribution in [0.5, 0.6) is 0 Å². The molecular weight excluding hydrogens is 122 g/mol. The summed E-state index contributed by atoms with van der Waals surface area (Å²) in [4.78, 5) is 22.4. The Morgan fingerprint density at radius 1 is 1.56 bits per heavy atom. The lowest BCUT2D eigenvalue weighted by Crippen LogP contribution is -2.48. The van der Waals surface area contributed by atoms with E-state index in [1.165, 1.54) is 4.90 Å². The van der Waals surface area contributed by atoms with Crippen molar-refractivity contribution in [3.8, 4) is 0 Å². The van der Waals surface area contributed by atoms with Crippen LogP contribution in [0.2, 0.25) is 0 Å². The number of esters is 1. The van der Waals surface area contributed by atoms with E-state index in [4.69, 9.17) is 4.74 Å². The smallest absolute Gasteiger partial charge is 0.327 e. The molecule has 0 aromatic heterocycles. The van der Waals surface area contributed by atoms with Gasteiger partial charge < -0.3 is 4.74 Å². The second-order valence-corrected chi connectivity index (χ2v) is 2.17. The number of hydrogen-bond acceptors (Lipinski definition) is 3. The molecule has 0 saturated carbocycles. The summed E-state index contributed by atoms with van der Waals surface area (Å²) in [6.07, 6.45) is 0.163. The van der Waals surface area contributed by atoms with E-state index in [2.05, 4.69) is 0 Å². The number of nitrogens with zero attached hydrogens (tertiary/aromatic N) is 1. The van der Waals surface area contributed by atoms with Gasteiger partial charge in [0.25, 0.3) is 0 Å². The summed E-state index contributed by atoms with van der Waals surface area (Å²) in [7, 11) is 0. The second kappa shape index (κ2) is 1.26. The van der Waals surface area contributed by atoms with Crippen molar-refractivity contribution in [1.29, 1.82) is 0 Å². The van der Waals surface area contributed by atoms with Crippen LogP contribution in [0.4, 0.5) is 0 Å². The number of carbonyl (C=O) groups excluding carboxylic acids is 2. The highest BCUT2D eigenvalue weighted by Crippen LogP contribution is 2.24.